The van der Waals surface area contributed by atoms with Gasteiger partial charge in [-0.15, -0.1) is 11.8 Å². The number of carboxylic acids is 1. The van der Waals surface area contributed by atoms with E-state index in [0.29, 0.717) is 12.3 Å². The first-order chi connectivity index (χ1) is 7.98. The number of hydrogen-bond acceptors (Lipinski definition) is 3. The zero-order valence-corrected chi connectivity index (χ0v) is 12.3. The van der Waals surface area contributed by atoms with E-state index in [-0.39, 0.29) is 0 Å². The fourth-order valence-corrected chi connectivity index (χ4v) is 2.61. The average Bonchev–Trinajstić information content (AvgIpc) is 2.28. The average molecular weight is 318 g/mol. The van der Waals surface area contributed by atoms with Gasteiger partial charge in [0.1, 0.15) is 5.54 Å². The lowest BCUT2D eigenvalue weighted by Crippen LogP contribution is -2.51. The standard InChI is InChI=1S/C12H16BrNO2S/c1-3-14-12(2,11(15)16)8-17-10-6-4-9(13)5-7-10/h4-7,14H,3,8H2,1-2H3,(H,15,16). The van der Waals surface area contributed by atoms with Gasteiger partial charge in [0.25, 0.3) is 0 Å². The molecule has 0 radical (unpaired) electrons. The molecule has 0 aliphatic heterocycles. The number of hydrogen-bond donors (Lipinski definition) is 2. The first-order valence-corrected chi connectivity index (χ1v) is 7.12. The van der Waals surface area contributed by atoms with Crippen LogP contribution in [-0.2, 0) is 4.79 Å². The Morgan fingerprint density at radius 3 is 2.53 bits per heavy atom. The largest absolute Gasteiger partial charge is 0.480 e. The van der Waals surface area contributed by atoms with Crippen LogP contribution in [0.2, 0.25) is 0 Å². The number of benzene rings is 1. The number of thioether (sulfide) groups is 1. The zero-order valence-electron chi connectivity index (χ0n) is 9.87. The molecule has 0 heterocycles. The first-order valence-electron chi connectivity index (χ1n) is 5.35. The summed E-state index contributed by atoms with van der Waals surface area (Å²) in [7, 11) is 0. The lowest BCUT2D eigenvalue weighted by molar-refractivity contribution is -0.143. The van der Waals surface area contributed by atoms with Crippen LogP contribution in [0.25, 0.3) is 0 Å². The fourth-order valence-electron chi connectivity index (χ4n) is 1.34. The molecule has 0 bridgehead atoms. The van der Waals surface area contributed by atoms with Gasteiger partial charge >= 0.3 is 5.97 Å². The van der Waals surface area contributed by atoms with Crippen molar-refractivity contribution in [2.75, 3.05) is 12.3 Å². The van der Waals surface area contributed by atoms with Crippen molar-refractivity contribution in [1.82, 2.24) is 5.32 Å². The van der Waals surface area contributed by atoms with Gasteiger partial charge in [-0.2, -0.15) is 0 Å². The van der Waals surface area contributed by atoms with Crippen LogP contribution < -0.4 is 5.32 Å². The van der Waals surface area contributed by atoms with E-state index in [1.54, 1.807) is 18.7 Å². The second-order valence-corrected chi connectivity index (χ2v) is 5.87. The van der Waals surface area contributed by atoms with E-state index in [0.717, 1.165) is 9.37 Å². The molecular formula is C12H16BrNO2S. The highest BCUT2D eigenvalue weighted by molar-refractivity contribution is 9.10. The van der Waals surface area contributed by atoms with Crippen molar-refractivity contribution in [3.63, 3.8) is 0 Å². The molecule has 0 aromatic heterocycles. The summed E-state index contributed by atoms with van der Waals surface area (Å²) in [5, 5.41) is 12.2. The monoisotopic (exact) mass is 317 g/mol. The quantitative estimate of drug-likeness (QED) is 0.792. The lowest BCUT2D eigenvalue weighted by Gasteiger charge is -2.25. The number of carboxylic acid groups (broad SMARTS) is 1. The highest BCUT2D eigenvalue weighted by Gasteiger charge is 2.31. The minimum atomic E-state index is -0.882. The second-order valence-electron chi connectivity index (χ2n) is 3.91. The molecule has 1 atom stereocenters. The second kappa shape index (κ2) is 6.42. The Morgan fingerprint density at radius 1 is 1.47 bits per heavy atom. The van der Waals surface area contributed by atoms with Crippen molar-refractivity contribution < 1.29 is 9.90 Å². The van der Waals surface area contributed by atoms with Crippen molar-refractivity contribution in [1.29, 1.82) is 0 Å². The van der Waals surface area contributed by atoms with Crippen LogP contribution >= 0.6 is 27.7 Å². The van der Waals surface area contributed by atoms with Crippen LogP contribution in [0.15, 0.2) is 33.6 Å². The molecule has 0 amide bonds. The van der Waals surface area contributed by atoms with Crippen LogP contribution in [0.3, 0.4) is 0 Å². The summed E-state index contributed by atoms with van der Waals surface area (Å²) in [4.78, 5) is 12.3. The third-order valence-electron chi connectivity index (χ3n) is 2.38. The van der Waals surface area contributed by atoms with Gasteiger partial charge in [-0.3, -0.25) is 4.79 Å². The summed E-state index contributed by atoms with van der Waals surface area (Å²) >= 11 is 4.91. The van der Waals surface area contributed by atoms with E-state index in [1.807, 2.05) is 31.2 Å². The van der Waals surface area contributed by atoms with E-state index in [9.17, 15) is 9.90 Å². The van der Waals surface area contributed by atoms with Gasteiger partial charge in [-0.05, 0) is 37.7 Å². The van der Waals surface area contributed by atoms with Crippen LogP contribution in [0.1, 0.15) is 13.8 Å². The maximum Gasteiger partial charge on any atom is 0.324 e. The minimum absolute atomic E-state index is 0.498. The summed E-state index contributed by atoms with van der Waals surface area (Å²) in [5.41, 5.74) is -0.882. The summed E-state index contributed by atoms with van der Waals surface area (Å²) in [6.45, 7) is 4.26. The van der Waals surface area contributed by atoms with Gasteiger partial charge < -0.3 is 10.4 Å². The van der Waals surface area contributed by atoms with Crippen molar-refractivity contribution in [2.24, 2.45) is 0 Å². The molecule has 1 rings (SSSR count). The lowest BCUT2D eigenvalue weighted by atomic mass is 10.1. The molecule has 0 saturated carbocycles. The highest BCUT2D eigenvalue weighted by atomic mass is 79.9. The molecule has 3 nitrogen and oxygen atoms in total. The summed E-state index contributed by atoms with van der Waals surface area (Å²) < 4.78 is 1.02. The molecule has 1 aromatic rings. The number of aliphatic carboxylic acids is 1. The van der Waals surface area contributed by atoms with Gasteiger partial charge in [0.2, 0.25) is 0 Å². The topological polar surface area (TPSA) is 49.3 Å². The van der Waals surface area contributed by atoms with Gasteiger partial charge in [0.05, 0.1) is 0 Å². The minimum Gasteiger partial charge on any atom is -0.480 e. The third kappa shape index (κ3) is 4.33. The Balaban J connectivity index is 2.64. The molecule has 17 heavy (non-hydrogen) atoms. The zero-order chi connectivity index (χ0) is 12.9. The Morgan fingerprint density at radius 2 is 2.06 bits per heavy atom. The summed E-state index contributed by atoms with van der Waals surface area (Å²) in [6.07, 6.45) is 0. The van der Waals surface area contributed by atoms with Crippen LogP contribution in [0.4, 0.5) is 0 Å². The normalized spacial score (nSPS) is 14.3. The number of carbonyl (C=O) groups is 1. The van der Waals surface area contributed by atoms with Crippen LogP contribution in [0.5, 0.6) is 0 Å². The van der Waals surface area contributed by atoms with Crippen molar-refractivity contribution in [3.8, 4) is 0 Å². The summed E-state index contributed by atoms with van der Waals surface area (Å²) in [6, 6.07) is 7.85. The Labute approximate surface area is 114 Å². The molecule has 0 saturated heterocycles. The predicted molar refractivity (Wildman–Crippen MR) is 74.6 cm³/mol. The third-order valence-corrected chi connectivity index (χ3v) is 4.24. The molecule has 1 aromatic carbocycles. The fraction of sp³-hybridized carbons (Fsp3) is 0.417. The number of nitrogens with one attached hydrogen (secondary N) is 1. The van der Waals surface area contributed by atoms with Crippen molar-refractivity contribution in [3.05, 3.63) is 28.7 Å². The molecule has 5 heteroatoms. The molecule has 0 aliphatic carbocycles. The molecule has 1 unspecified atom stereocenters. The Hall–Kier alpha value is -0.520. The Bertz CT molecular complexity index is 383. The van der Waals surface area contributed by atoms with Crippen molar-refractivity contribution >= 4 is 33.7 Å². The maximum absolute atomic E-state index is 11.2. The van der Waals surface area contributed by atoms with E-state index < -0.39 is 11.5 Å². The number of likely N-dealkylation sites (N-methyl/N-ethyl adjacent to an activating group) is 1. The van der Waals surface area contributed by atoms with Gasteiger partial charge in [-0.1, -0.05) is 22.9 Å². The maximum atomic E-state index is 11.2. The number of rotatable bonds is 6. The van der Waals surface area contributed by atoms with Gasteiger partial charge in [0, 0.05) is 15.1 Å². The van der Waals surface area contributed by atoms with E-state index in [2.05, 4.69) is 21.2 Å². The summed E-state index contributed by atoms with van der Waals surface area (Å²) in [5.74, 6) is -0.318. The van der Waals surface area contributed by atoms with Gasteiger partial charge in [0.15, 0.2) is 0 Å². The molecule has 94 valence electrons. The Kier molecular flexibility index (Phi) is 5.49. The first kappa shape index (κ1) is 14.5. The van der Waals surface area contributed by atoms with E-state index in [1.165, 1.54) is 0 Å². The molecule has 2 N–H and O–H groups in total. The molecule has 0 fully saturated rings. The van der Waals surface area contributed by atoms with Gasteiger partial charge in [-0.25, -0.2) is 0 Å². The smallest absolute Gasteiger partial charge is 0.324 e. The SMILES string of the molecule is CCNC(C)(CSc1ccc(Br)cc1)C(=O)O. The predicted octanol–water partition coefficient (Wildman–Crippen LogP) is 2.99. The molecule has 0 aliphatic rings. The molecule has 0 spiro atoms. The van der Waals surface area contributed by atoms with Crippen molar-refractivity contribution in [2.45, 2.75) is 24.3 Å². The van der Waals surface area contributed by atoms with Crippen LogP contribution in [0, 0.1) is 0 Å². The van der Waals surface area contributed by atoms with E-state index >= 15 is 0 Å². The molecular weight excluding hydrogens is 302 g/mol. The van der Waals surface area contributed by atoms with E-state index in [4.69, 9.17) is 0 Å². The van der Waals surface area contributed by atoms with Crippen LogP contribution in [-0.4, -0.2) is 28.9 Å². The number of halogens is 1. The highest BCUT2D eigenvalue weighted by Crippen LogP contribution is 2.24.